The van der Waals surface area contributed by atoms with E-state index in [-0.39, 0.29) is 0 Å². The first-order valence-electron chi connectivity index (χ1n) is 4.98. The summed E-state index contributed by atoms with van der Waals surface area (Å²) in [4.78, 5) is 10.1. The van der Waals surface area contributed by atoms with Crippen molar-refractivity contribution in [2.75, 3.05) is 6.61 Å². The zero-order valence-corrected chi connectivity index (χ0v) is 7.63. The van der Waals surface area contributed by atoms with Crippen molar-refractivity contribution in [3.63, 3.8) is 0 Å². The van der Waals surface area contributed by atoms with Crippen molar-refractivity contribution in [2.24, 2.45) is 0 Å². The SMILES string of the molecule is O=CCCCC1CCCCCO1. The molecule has 12 heavy (non-hydrogen) atoms. The zero-order chi connectivity index (χ0) is 8.65. The molecule has 0 radical (unpaired) electrons. The molecule has 1 aliphatic rings. The second kappa shape index (κ2) is 6.18. The summed E-state index contributed by atoms with van der Waals surface area (Å²) in [6.45, 7) is 0.922. The second-order valence-electron chi connectivity index (χ2n) is 3.44. The lowest BCUT2D eigenvalue weighted by Gasteiger charge is -2.13. The lowest BCUT2D eigenvalue weighted by atomic mass is 10.1. The highest BCUT2D eigenvalue weighted by Gasteiger charge is 2.11. The number of ether oxygens (including phenoxy) is 1. The Labute approximate surface area is 74.3 Å². The van der Waals surface area contributed by atoms with Gasteiger partial charge in [0.15, 0.2) is 0 Å². The fourth-order valence-electron chi connectivity index (χ4n) is 1.64. The van der Waals surface area contributed by atoms with Crippen molar-refractivity contribution in [3.8, 4) is 0 Å². The van der Waals surface area contributed by atoms with Crippen LogP contribution in [0.15, 0.2) is 0 Å². The van der Waals surface area contributed by atoms with E-state index in [1.165, 1.54) is 25.7 Å². The summed E-state index contributed by atoms with van der Waals surface area (Å²) in [5.41, 5.74) is 0. The molecule has 1 rings (SSSR count). The number of hydrogen-bond donors (Lipinski definition) is 0. The highest BCUT2D eigenvalue weighted by atomic mass is 16.5. The van der Waals surface area contributed by atoms with E-state index in [4.69, 9.17) is 4.74 Å². The van der Waals surface area contributed by atoms with Crippen molar-refractivity contribution in [2.45, 2.75) is 51.0 Å². The summed E-state index contributed by atoms with van der Waals surface area (Å²) in [6, 6.07) is 0. The molecule has 0 spiro atoms. The molecule has 1 saturated heterocycles. The largest absolute Gasteiger partial charge is 0.378 e. The molecule has 0 aromatic heterocycles. The van der Waals surface area contributed by atoms with E-state index >= 15 is 0 Å². The van der Waals surface area contributed by atoms with E-state index in [0.717, 1.165) is 25.7 Å². The fraction of sp³-hybridized carbons (Fsp3) is 0.900. The third-order valence-corrected chi connectivity index (χ3v) is 2.37. The highest BCUT2D eigenvalue weighted by molar-refractivity contribution is 5.48. The molecule has 0 aromatic rings. The van der Waals surface area contributed by atoms with Gasteiger partial charge in [-0.1, -0.05) is 12.8 Å². The number of aldehydes is 1. The van der Waals surface area contributed by atoms with Crippen LogP contribution in [0.3, 0.4) is 0 Å². The Kier molecular flexibility index (Phi) is 5.00. The topological polar surface area (TPSA) is 26.3 Å². The zero-order valence-electron chi connectivity index (χ0n) is 7.63. The molecule has 1 fully saturated rings. The number of hydrogen-bond acceptors (Lipinski definition) is 2. The maximum atomic E-state index is 10.1. The summed E-state index contributed by atoms with van der Waals surface area (Å²) in [7, 11) is 0. The van der Waals surface area contributed by atoms with E-state index in [1.807, 2.05) is 0 Å². The Morgan fingerprint density at radius 2 is 2.25 bits per heavy atom. The van der Waals surface area contributed by atoms with Crippen LogP contribution in [0.4, 0.5) is 0 Å². The van der Waals surface area contributed by atoms with Gasteiger partial charge in [0.25, 0.3) is 0 Å². The predicted molar refractivity (Wildman–Crippen MR) is 48.1 cm³/mol. The van der Waals surface area contributed by atoms with Crippen LogP contribution < -0.4 is 0 Å². The van der Waals surface area contributed by atoms with Gasteiger partial charge in [-0.25, -0.2) is 0 Å². The lowest BCUT2D eigenvalue weighted by Crippen LogP contribution is -2.11. The Hall–Kier alpha value is -0.370. The Bertz CT molecular complexity index is 115. The quantitative estimate of drug-likeness (QED) is 0.478. The fourth-order valence-corrected chi connectivity index (χ4v) is 1.64. The Balaban J connectivity index is 2.07. The van der Waals surface area contributed by atoms with Gasteiger partial charge >= 0.3 is 0 Å². The first-order valence-corrected chi connectivity index (χ1v) is 4.98. The van der Waals surface area contributed by atoms with Crippen LogP contribution in [0.2, 0.25) is 0 Å². The molecule has 0 bridgehead atoms. The van der Waals surface area contributed by atoms with Gasteiger partial charge in [-0.3, -0.25) is 0 Å². The van der Waals surface area contributed by atoms with Crippen LogP contribution in [0, 0.1) is 0 Å². The van der Waals surface area contributed by atoms with Crippen molar-refractivity contribution >= 4 is 6.29 Å². The van der Waals surface area contributed by atoms with E-state index in [9.17, 15) is 4.79 Å². The Morgan fingerprint density at radius 3 is 3.08 bits per heavy atom. The van der Waals surface area contributed by atoms with Gasteiger partial charge in [0.2, 0.25) is 0 Å². The monoisotopic (exact) mass is 170 g/mol. The van der Waals surface area contributed by atoms with Gasteiger partial charge in [-0.05, 0) is 25.7 Å². The summed E-state index contributed by atoms with van der Waals surface area (Å²) < 4.78 is 5.63. The number of rotatable bonds is 4. The molecule has 70 valence electrons. The molecule has 1 aliphatic heterocycles. The average molecular weight is 170 g/mol. The van der Waals surface area contributed by atoms with Crippen molar-refractivity contribution in [3.05, 3.63) is 0 Å². The van der Waals surface area contributed by atoms with Gasteiger partial charge in [-0.15, -0.1) is 0 Å². The number of carbonyl (C=O) groups excluding carboxylic acids is 1. The van der Waals surface area contributed by atoms with Crippen LogP contribution in [-0.4, -0.2) is 19.0 Å². The molecule has 0 saturated carbocycles. The van der Waals surface area contributed by atoms with Crippen LogP contribution in [0.1, 0.15) is 44.9 Å². The van der Waals surface area contributed by atoms with E-state index in [0.29, 0.717) is 12.5 Å². The Morgan fingerprint density at radius 1 is 1.33 bits per heavy atom. The molecule has 0 aliphatic carbocycles. The van der Waals surface area contributed by atoms with Crippen molar-refractivity contribution in [1.82, 2.24) is 0 Å². The van der Waals surface area contributed by atoms with Crippen LogP contribution >= 0.6 is 0 Å². The third kappa shape index (κ3) is 3.86. The standard InChI is InChI=1S/C10H18O2/c11-8-4-3-7-10-6-2-1-5-9-12-10/h8,10H,1-7,9H2. The minimum absolute atomic E-state index is 0.437. The lowest BCUT2D eigenvalue weighted by molar-refractivity contribution is -0.108. The first-order chi connectivity index (χ1) is 5.93. The molecular weight excluding hydrogens is 152 g/mol. The molecule has 0 amide bonds. The van der Waals surface area contributed by atoms with Gasteiger partial charge in [0.1, 0.15) is 6.29 Å². The van der Waals surface area contributed by atoms with Gasteiger partial charge < -0.3 is 9.53 Å². The predicted octanol–water partition coefficient (Wildman–Crippen LogP) is 2.31. The van der Waals surface area contributed by atoms with Gasteiger partial charge in [-0.2, -0.15) is 0 Å². The van der Waals surface area contributed by atoms with Crippen LogP contribution in [-0.2, 0) is 9.53 Å². The molecule has 2 heteroatoms. The second-order valence-corrected chi connectivity index (χ2v) is 3.44. The molecule has 2 nitrogen and oxygen atoms in total. The summed E-state index contributed by atoms with van der Waals surface area (Å²) in [6.07, 6.45) is 9.20. The summed E-state index contributed by atoms with van der Waals surface area (Å²) >= 11 is 0. The van der Waals surface area contributed by atoms with E-state index in [1.54, 1.807) is 0 Å². The minimum atomic E-state index is 0.437. The van der Waals surface area contributed by atoms with Crippen LogP contribution in [0.5, 0.6) is 0 Å². The average Bonchev–Trinajstić information content (AvgIpc) is 2.33. The molecule has 1 atom stereocenters. The van der Waals surface area contributed by atoms with Gasteiger partial charge in [0, 0.05) is 13.0 Å². The third-order valence-electron chi connectivity index (χ3n) is 2.37. The minimum Gasteiger partial charge on any atom is -0.378 e. The maximum Gasteiger partial charge on any atom is 0.119 e. The van der Waals surface area contributed by atoms with E-state index < -0.39 is 0 Å². The summed E-state index contributed by atoms with van der Waals surface area (Å²) in [5.74, 6) is 0. The van der Waals surface area contributed by atoms with Crippen molar-refractivity contribution < 1.29 is 9.53 Å². The smallest absolute Gasteiger partial charge is 0.119 e. The van der Waals surface area contributed by atoms with Crippen molar-refractivity contribution in [1.29, 1.82) is 0 Å². The van der Waals surface area contributed by atoms with Crippen LogP contribution in [0.25, 0.3) is 0 Å². The molecule has 1 unspecified atom stereocenters. The normalized spacial score (nSPS) is 24.8. The first kappa shape index (κ1) is 9.72. The highest BCUT2D eigenvalue weighted by Crippen LogP contribution is 2.17. The van der Waals surface area contributed by atoms with E-state index in [2.05, 4.69) is 0 Å². The van der Waals surface area contributed by atoms with Gasteiger partial charge in [0.05, 0.1) is 6.10 Å². The maximum absolute atomic E-state index is 10.1. The number of carbonyl (C=O) groups is 1. The number of unbranched alkanes of at least 4 members (excludes halogenated alkanes) is 1. The molecule has 1 heterocycles. The molecule has 0 N–H and O–H groups in total. The summed E-state index contributed by atoms with van der Waals surface area (Å²) in [5, 5.41) is 0. The molecule has 0 aromatic carbocycles. The molecular formula is C10H18O2.